The molecule has 1 aromatic carbocycles. The van der Waals surface area contributed by atoms with Crippen LogP contribution in [-0.2, 0) is 6.54 Å². The van der Waals surface area contributed by atoms with E-state index in [-0.39, 0.29) is 5.88 Å². The molecule has 3 rings (SSSR count). The van der Waals surface area contributed by atoms with Gasteiger partial charge in [-0.3, -0.25) is 4.57 Å². The Kier molecular flexibility index (Phi) is 4.13. The van der Waals surface area contributed by atoms with Crippen molar-refractivity contribution < 1.29 is 5.11 Å². The summed E-state index contributed by atoms with van der Waals surface area (Å²) in [4.78, 5) is 0.693. The highest BCUT2D eigenvalue weighted by molar-refractivity contribution is 7.73. The fourth-order valence-corrected chi connectivity index (χ4v) is 3.41. The largest absolute Gasteiger partial charge is 0.493 e. The van der Waals surface area contributed by atoms with Crippen LogP contribution in [0.15, 0.2) is 58.8 Å². The maximum atomic E-state index is 10.3. The molecule has 110 valence electrons. The van der Waals surface area contributed by atoms with Gasteiger partial charge in [-0.05, 0) is 18.3 Å². The normalized spacial score (nSPS) is 15.3. The second-order valence-corrected chi connectivity index (χ2v) is 6.29. The average Bonchev–Trinajstić information content (AvgIpc) is 3.09. The third kappa shape index (κ3) is 2.70. The Labute approximate surface area is 137 Å². The summed E-state index contributed by atoms with van der Waals surface area (Å²) in [6.07, 6.45) is 5.24. The second-order valence-electron chi connectivity index (χ2n) is 4.61. The highest BCUT2D eigenvalue weighted by Crippen LogP contribution is 2.29. The minimum atomic E-state index is 0.148. The molecule has 6 heteroatoms. The first-order chi connectivity index (χ1) is 10.7. The fraction of sp³-hybridized carbons (Fsp3) is 0.0625. The maximum Gasteiger partial charge on any atom is 0.210 e. The predicted molar refractivity (Wildman–Crippen MR) is 94.5 cm³/mol. The van der Waals surface area contributed by atoms with Gasteiger partial charge in [0.25, 0.3) is 0 Å². The molecule has 0 bridgehead atoms. The van der Waals surface area contributed by atoms with Crippen LogP contribution in [0.5, 0.6) is 5.88 Å². The maximum absolute atomic E-state index is 10.3. The van der Waals surface area contributed by atoms with E-state index in [4.69, 9.17) is 12.2 Å². The summed E-state index contributed by atoms with van der Waals surface area (Å²) >= 11 is 6.62. The lowest BCUT2D eigenvalue weighted by Gasteiger charge is -2.02. The lowest BCUT2D eigenvalue weighted by Crippen LogP contribution is -2.01. The molecular weight excluding hydrogens is 314 g/mol. The Balaban J connectivity index is 2.01. The fourth-order valence-electron chi connectivity index (χ4n) is 2.13. The Bertz CT molecular complexity index is 857. The van der Waals surface area contributed by atoms with Crippen molar-refractivity contribution in [1.29, 1.82) is 0 Å². The van der Waals surface area contributed by atoms with Crippen molar-refractivity contribution in [2.24, 2.45) is 10.2 Å². The molecule has 1 N–H and O–H groups in total. The number of hydrogen-bond acceptors (Lipinski definition) is 5. The van der Waals surface area contributed by atoms with E-state index in [1.165, 1.54) is 11.3 Å². The molecule has 1 aromatic heterocycles. The van der Waals surface area contributed by atoms with Crippen LogP contribution >= 0.6 is 23.6 Å². The molecule has 0 saturated heterocycles. The molecule has 2 heterocycles. The highest BCUT2D eigenvalue weighted by atomic mass is 32.1. The number of nitrogens with zero attached hydrogens (tertiary/aromatic N) is 3. The molecule has 0 atom stereocenters. The molecule has 1 aliphatic heterocycles. The van der Waals surface area contributed by atoms with E-state index < -0.39 is 0 Å². The second kappa shape index (κ2) is 6.21. The van der Waals surface area contributed by atoms with Crippen LogP contribution < -0.4 is 0 Å². The predicted octanol–water partition coefficient (Wildman–Crippen LogP) is 4.04. The third-order valence-electron chi connectivity index (χ3n) is 3.17. The number of rotatable bonds is 4. The van der Waals surface area contributed by atoms with Crippen LogP contribution in [0, 0.1) is 3.95 Å². The van der Waals surface area contributed by atoms with Gasteiger partial charge < -0.3 is 5.11 Å². The lowest BCUT2D eigenvalue weighted by atomic mass is 10.0. The molecular formula is C16H13N3OS2. The number of hydrogen-bond donors (Lipinski definition) is 1. The van der Waals surface area contributed by atoms with Gasteiger partial charge in [0, 0.05) is 17.7 Å². The third-order valence-corrected chi connectivity index (χ3v) is 4.55. The zero-order chi connectivity index (χ0) is 15.5. The van der Waals surface area contributed by atoms with E-state index in [0.29, 0.717) is 15.4 Å². The number of benzene rings is 1. The number of aromatic nitrogens is 1. The van der Waals surface area contributed by atoms with Crippen molar-refractivity contribution in [3.63, 3.8) is 0 Å². The Morgan fingerprint density at radius 2 is 2.09 bits per heavy atom. The van der Waals surface area contributed by atoms with Crippen LogP contribution in [-0.4, -0.2) is 21.6 Å². The van der Waals surface area contributed by atoms with Gasteiger partial charge in [0.15, 0.2) is 3.95 Å². The Morgan fingerprint density at radius 3 is 2.82 bits per heavy atom. The molecule has 0 saturated carbocycles. The van der Waals surface area contributed by atoms with Gasteiger partial charge in [-0.25, -0.2) is 0 Å². The number of thiazole rings is 1. The van der Waals surface area contributed by atoms with Crippen LogP contribution in [0.1, 0.15) is 10.4 Å². The quantitative estimate of drug-likeness (QED) is 0.680. The molecule has 4 nitrogen and oxygen atoms in total. The summed E-state index contributed by atoms with van der Waals surface area (Å²) in [6, 6.07) is 9.82. The van der Waals surface area contributed by atoms with E-state index in [1.54, 1.807) is 16.9 Å². The van der Waals surface area contributed by atoms with Crippen molar-refractivity contribution in [1.82, 2.24) is 4.57 Å². The topological polar surface area (TPSA) is 49.9 Å². The molecule has 0 amide bonds. The molecule has 0 spiro atoms. The molecule has 0 aliphatic carbocycles. The van der Waals surface area contributed by atoms with Crippen molar-refractivity contribution in [3.8, 4) is 5.88 Å². The summed E-state index contributed by atoms with van der Waals surface area (Å²) in [6.45, 7) is 4.16. The van der Waals surface area contributed by atoms with E-state index in [2.05, 4.69) is 16.8 Å². The molecule has 0 radical (unpaired) electrons. The lowest BCUT2D eigenvalue weighted by molar-refractivity contribution is 0.424. The van der Waals surface area contributed by atoms with E-state index >= 15 is 0 Å². The molecule has 0 fully saturated rings. The minimum Gasteiger partial charge on any atom is -0.493 e. The monoisotopic (exact) mass is 327 g/mol. The van der Waals surface area contributed by atoms with Crippen LogP contribution in [0.3, 0.4) is 0 Å². The van der Waals surface area contributed by atoms with Gasteiger partial charge >= 0.3 is 0 Å². The highest BCUT2D eigenvalue weighted by Gasteiger charge is 2.16. The van der Waals surface area contributed by atoms with Crippen molar-refractivity contribution >= 4 is 41.6 Å². The van der Waals surface area contributed by atoms with Crippen LogP contribution in [0.4, 0.5) is 0 Å². The zero-order valence-electron chi connectivity index (χ0n) is 11.6. The van der Waals surface area contributed by atoms with Gasteiger partial charge in [0.1, 0.15) is 5.71 Å². The Morgan fingerprint density at radius 1 is 1.32 bits per heavy atom. The number of aromatic hydroxyl groups is 1. The van der Waals surface area contributed by atoms with Crippen molar-refractivity contribution in [2.45, 2.75) is 6.54 Å². The van der Waals surface area contributed by atoms with Gasteiger partial charge in [0.05, 0.1) is 11.1 Å². The molecule has 22 heavy (non-hydrogen) atoms. The first-order valence-corrected chi connectivity index (χ1v) is 7.85. The number of allylic oxidation sites excluding steroid dienone is 2. The SMILES string of the molecule is C=CCn1c(O)c(/C=C2/C=NN=C2c2ccccc2)sc1=S. The zero-order valence-corrected chi connectivity index (χ0v) is 13.3. The summed E-state index contributed by atoms with van der Waals surface area (Å²) in [5.74, 6) is 0.148. The van der Waals surface area contributed by atoms with Gasteiger partial charge in [-0.1, -0.05) is 36.4 Å². The van der Waals surface area contributed by atoms with Gasteiger partial charge in [-0.2, -0.15) is 5.10 Å². The molecule has 2 aromatic rings. The molecule has 1 aliphatic rings. The summed E-state index contributed by atoms with van der Waals surface area (Å²) in [5.41, 5.74) is 2.62. The standard InChI is InChI=1S/C16H13N3OS2/c1-2-8-19-15(20)13(22-16(19)21)9-12-10-17-18-14(12)11-6-4-3-5-7-11/h2-7,9-10,20H,1,8H2/b12-9-. The van der Waals surface area contributed by atoms with E-state index in [9.17, 15) is 5.11 Å². The first-order valence-electron chi connectivity index (χ1n) is 6.62. The Hall–Kier alpha value is -2.31. The molecule has 0 unspecified atom stereocenters. The van der Waals surface area contributed by atoms with E-state index in [0.717, 1.165) is 16.8 Å². The summed E-state index contributed by atoms with van der Waals surface area (Å²) < 4.78 is 2.25. The van der Waals surface area contributed by atoms with Gasteiger partial charge in [-0.15, -0.1) is 23.0 Å². The summed E-state index contributed by atoms with van der Waals surface area (Å²) in [7, 11) is 0. The summed E-state index contributed by atoms with van der Waals surface area (Å²) in [5, 5.41) is 18.4. The van der Waals surface area contributed by atoms with E-state index in [1.807, 2.05) is 36.4 Å². The van der Waals surface area contributed by atoms with Crippen molar-refractivity contribution in [3.05, 3.63) is 63.0 Å². The smallest absolute Gasteiger partial charge is 0.210 e. The van der Waals surface area contributed by atoms with Gasteiger partial charge in [0.2, 0.25) is 5.88 Å². The van der Waals surface area contributed by atoms with Crippen LogP contribution in [0.25, 0.3) is 6.08 Å². The first kappa shape index (κ1) is 14.6. The minimum absolute atomic E-state index is 0.148. The average molecular weight is 327 g/mol. The van der Waals surface area contributed by atoms with Crippen molar-refractivity contribution in [2.75, 3.05) is 0 Å². The van der Waals surface area contributed by atoms with Crippen LogP contribution in [0.2, 0.25) is 0 Å².